The second-order valence-corrected chi connectivity index (χ2v) is 3.73. The largest absolute Gasteiger partial charge is 0.308 e. The molecule has 2 N–H and O–H groups in total. The van der Waals surface area contributed by atoms with Crippen LogP contribution in [0.15, 0.2) is 6.33 Å². The van der Waals surface area contributed by atoms with Crippen LogP contribution in [0.25, 0.3) is 0 Å². The molecule has 4 nitrogen and oxygen atoms in total. The first kappa shape index (κ1) is 11.2. The zero-order chi connectivity index (χ0) is 10.4. The van der Waals surface area contributed by atoms with Gasteiger partial charge in [0, 0.05) is 0 Å². The summed E-state index contributed by atoms with van der Waals surface area (Å²) in [5.41, 5.74) is 0. The van der Waals surface area contributed by atoms with Crippen LogP contribution in [0, 0.1) is 5.92 Å². The maximum Gasteiger partial charge on any atom is 0.141 e. The molecule has 0 aliphatic heterocycles. The molecule has 0 amide bonds. The fourth-order valence-electron chi connectivity index (χ4n) is 1.49. The van der Waals surface area contributed by atoms with Crippen molar-refractivity contribution in [2.75, 3.05) is 6.54 Å². The van der Waals surface area contributed by atoms with Crippen LogP contribution in [0.4, 0.5) is 0 Å². The Morgan fingerprint density at radius 1 is 1.50 bits per heavy atom. The number of nitrogens with zero attached hydrogens (tertiary/aromatic N) is 2. The molecule has 14 heavy (non-hydrogen) atoms. The SMILES string of the molecule is CCNC(CC(C)CC)c1ncn[nH]1. The van der Waals surface area contributed by atoms with Crippen molar-refractivity contribution in [3.8, 4) is 0 Å². The Morgan fingerprint density at radius 2 is 2.29 bits per heavy atom. The van der Waals surface area contributed by atoms with E-state index in [9.17, 15) is 0 Å². The van der Waals surface area contributed by atoms with E-state index in [2.05, 4.69) is 41.3 Å². The number of aromatic amines is 1. The van der Waals surface area contributed by atoms with E-state index in [-0.39, 0.29) is 0 Å². The number of rotatable bonds is 6. The number of hydrogen-bond donors (Lipinski definition) is 2. The highest BCUT2D eigenvalue weighted by Gasteiger charge is 2.15. The van der Waals surface area contributed by atoms with E-state index in [1.54, 1.807) is 6.33 Å². The monoisotopic (exact) mass is 196 g/mol. The van der Waals surface area contributed by atoms with E-state index in [1.165, 1.54) is 6.42 Å². The summed E-state index contributed by atoms with van der Waals surface area (Å²) < 4.78 is 0. The highest BCUT2D eigenvalue weighted by atomic mass is 15.2. The van der Waals surface area contributed by atoms with Gasteiger partial charge in [-0.3, -0.25) is 5.10 Å². The number of hydrogen-bond acceptors (Lipinski definition) is 3. The lowest BCUT2D eigenvalue weighted by molar-refractivity contribution is 0.396. The molecule has 1 aromatic rings. The van der Waals surface area contributed by atoms with Gasteiger partial charge in [-0.25, -0.2) is 4.98 Å². The zero-order valence-corrected chi connectivity index (χ0v) is 9.25. The first-order valence-electron chi connectivity index (χ1n) is 5.36. The van der Waals surface area contributed by atoms with Gasteiger partial charge in [0.15, 0.2) is 0 Å². The smallest absolute Gasteiger partial charge is 0.141 e. The minimum absolute atomic E-state index is 0.317. The summed E-state index contributed by atoms with van der Waals surface area (Å²) in [6.45, 7) is 7.55. The van der Waals surface area contributed by atoms with Crippen LogP contribution in [0.1, 0.15) is 45.5 Å². The van der Waals surface area contributed by atoms with Gasteiger partial charge in [0.05, 0.1) is 6.04 Å². The van der Waals surface area contributed by atoms with Gasteiger partial charge in [-0.2, -0.15) is 5.10 Å². The predicted molar refractivity (Wildman–Crippen MR) is 56.9 cm³/mol. The number of H-pyrrole nitrogens is 1. The Kier molecular flexibility index (Phi) is 4.59. The van der Waals surface area contributed by atoms with Gasteiger partial charge in [0.1, 0.15) is 12.2 Å². The molecule has 0 saturated heterocycles. The minimum atomic E-state index is 0.317. The van der Waals surface area contributed by atoms with Crippen molar-refractivity contribution in [3.63, 3.8) is 0 Å². The average Bonchev–Trinajstić information content (AvgIpc) is 2.69. The Bertz CT molecular complexity index is 232. The average molecular weight is 196 g/mol. The van der Waals surface area contributed by atoms with E-state index < -0.39 is 0 Å². The van der Waals surface area contributed by atoms with E-state index in [1.807, 2.05) is 0 Å². The van der Waals surface area contributed by atoms with Gasteiger partial charge >= 0.3 is 0 Å². The minimum Gasteiger partial charge on any atom is -0.308 e. The van der Waals surface area contributed by atoms with Gasteiger partial charge in [-0.15, -0.1) is 0 Å². The number of aromatic nitrogens is 3. The summed E-state index contributed by atoms with van der Waals surface area (Å²) >= 11 is 0. The van der Waals surface area contributed by atoms with Crippen LogP contribution >= 0.6 is 0 Å². The van der Waals surface area contributed by atoms with Crippen LogP contribution in [-0.2, 0) is 0 Å². The molecule has 0 saturated carbocycles. The maximum absolute atomic E-state index is 4.19. The summed E-state index contributed by atoms with van der Waals surface area (Å²) in [4.78, 5) is 4.19. The van der Waals surface area contributed by atoms with E-state index in [0.717, 1.165) is 18.8 Å². The van der Waals surface area contributed by atoms with E-state index >= 15 is 0 Å². The van der Waals surface area contributed by atoms with Gasteiger partial charge in [0.2, 0.25) is 0 Å². The third-order valence-electron chi connectivity index (χ3n) is 2.55. The lowest BCUT2D eigenvalue weighted by atomic mass is 9.99. The zero-order valence-electron chi connectivity index (χ0n) is 9.25. The Labute approximate surface area is 85.5 Å². The Balaban J connectivity index is 2.55. The molecule has 4 heteroatoms. The molecule has 0 aliphatic carbocycles. The third-order valence-corrected chi connectivity index (χ3v) is 2.55. The van der Waals surface area contributed by atoms with Crippen molar-refractivity contribution in [1.82, 2.24) is 20.5 Å². The molecule has 0 radical (unpaired) electrons. The molecule has 1 aromatic heterocycles. The van der Waals surface area contributed by atoms with Crippen LogP contribution < -0.4 is 5.32 Å². The molecule has 80 valence electrons. The fourth-order valence-corrected chi connectivity index (χ4v) is 1.49. The van der Waals surface area contributed by atoms with Crippen LogP contribution in [-0.4, -0.2) is 21.7 Å². The molecular weight excluding hydrogens is 176 g/mol. The maximum atomic E-state index is 4.19. The van der Waals surface area contributed by atoms with Gasteiger partial charge in [-0.05, 0) is 18.9 Å². The van der Waals surface area contributed by atoms with Crippen molar-refractivity contribution in [3.05, 3.63) is 12.2 Å². The van der Waals surface area contributed by atoms with Crippen molar-refractivity contribution in [1.29, 1.82) is 0 Å². The molecular formula is C10H20N4. The van der Waals surface area contributed by atoms with Gasteiger partial charge in [0.25, 0.3) is 0 Å². The highest BCUT2D eigenvalue weighted by molar-refractivity contribution is 4.91. The summed E-state index contributed by atoms with van der Waals surface area (Å²) in [5.74, 6) is 1.66. The first-order chi connectivity index (χ1) is 6.77. The molecule has 0 bridgehead atoms. The van der Waals surface area contributed by atoms with Gasteiger partial charge in [-0.1, -0.05) is 27.2 Å². The van der Waals surface area contributed by atoms with Crippen LogP contribution in [0.5, 0.6) is 0 Å². The second kappa shape index (κ2) is 5.75. The Hall–Kier alpha value is -0.900. The fraction of sp³-hybridized carbons (Fsp3) is 0.800. The first-order valence-corrected chi connectivity index (χ1v) is 5.36. The predicted octanol–water partition coefficient (Wildman–Crippen LogP) is 1.89. The Morgan fingerprint density at radius 3 is 2.79 bits per heavy atom. The quantitative estimate of drug-likeness (QED) is 0.730. The topological polar surface area (TPSA) is 53.6 Å². The van der Waals surface area contributed by atoms with Crippen molar-refractivity contribution in [2.24, 2.45) is 5.92 Å². The normalized spacial score (nSPS) is 15.4. The van der Waals surface area contributed by atoms with Crippen molar-refractivity contribution >= 4 is 0 Å². The molecule has 0 aliphatic rings. The highest BCUT2D eigenvalue weighted by Crippen LogP contribution is 2.19. The molecule has 0 fully saturated rings. The molecule has 2 atom stereocenters. The van der Waals surface area contributed by atoms with E-state index in [4.69, 9.17) is 0 Å². The lowest BCUT2D eigenvalue weighted by Gasteiger charge is -2.18. The third kappa shape index (κ3) is 3.10. The lowest BCUT2D eigenvalue weighted by Crippen LogP contribution is -2.24. The molecule has 1 heterocycles. The van der Waals surface area contributed by atoms with E-state index in [0.29, 0.717) is 12.0 Å². The summed E-state index contributed by atoms with van der Waals surface area (Å²) in [7, 11) is 0. The van der Waals surface area contributed by atoms with Gasteiger partial charge < -0.3 is 5.32 Å². The molecule has 0 aromatic carbocycles. The summed E-state index contributed by atoms with van der Waals surface area (Å²) in [5, 5.41) is 10.2. The van der Waals surface area contributed by atoms with Crippen LogP contribution in [0.2, 0.25) is 0 Å². The molecule has 0 spiro atoms. The second-order valence-electron chi connectivity index (χ2n) is 3.73. The number of nitrogens with one attached hydrogen (secondary N) is 2. The van der Waals surface area contributed by atoms with Crippen LogP contribution in [0.3, 0.4) is 0 Å². The van der Waals surface area contributed by atoms with Crippen molar-refractivity contribution in [2.45, 2.75) is 39.7 Å². The van der Waals surface area contributed by atoms with Crippen molar-refractivity contribution < 1.29 is 0 Å². The standard InChI is InChI=1S/C10H20N4/c1-4-8(3)6-9(11-5-2)10-12-7-13-14-10/h7-9,11H,4-6H2,1-3H3,(H,12,13,14). The summed E-state index contributed by atoms with van der Waals surface area (Å²) in [6, 6.07) is 0.317. The summed E-state index contributed by atoms with van der Waals surface area (Å²) in [6.07, 6.45) is 3.88. The molecule has 1 rings (SSSR count). The molecule has 2 unspecified atom stereocenters.